The molecule has 2 unspecified atom stereocenters. The average Bonchev–Trinajstić information content (AvgIpc) is 2.76. The fraction of sp³-hybridized carbons (Fsp3) is 0.200. The first-order chi connectivity index (χ1) is 13.7. The molecule has 2 aromatic carbocycles. The molecule has 0 aromatic heterocycles. The van der Waals surface area contributed by atoms with E-state index in [-0.39, 0.29) is 16.8 Å². The summed E-state index contributed by atoms with van der Waals surface area (Å²) in [5, 5.41) is 3.03. The molecule has 0 nitrogen and oxygen atoms in total. The van der Waals surface area contributed by atoms with Gasteiger partial charge in [-0.3, -0.25) is 0 Å². The molecule has 2 aromatic rings. The number of benzene rings is 2. The summed E-state index contributed by atoms with van der Waals surface area (Å²) in [6.45, 7) is 0. The zero-order valence-electron chi connectivity index (χ0n) is 15.7. The van der Waals surface area contributed by atoms with Crippen LogP contribution in [0.1, 0.15) is 12.8 Å². The summed E-state index contributed by atoms with van der Waals surface area (Å²) < 4.78 is 14.3. The number of halogens is 2. The molecule has 0 N–H and O–H groups in total. The first-order valence-electron chi connectivity index (χ1n) is 9.76. The second kappa shape index (κ2) is 8.60. The summed E-state index contributed by atoms with van der Waals surface area (Å²) in [4.78, 5) is 0. The van der Waals surface area contributed by atoms with E-state index in [2.05, 4.69) is 85.0 Å². The Hall–Kier alpha value is -1.95. The van der Waals surface area contributed by atoms with E-state index < -0.39 is 7.26 Å². The van der Waals surface area contributed by atoms with Gasteiger partial charge < -0.3 is 0 Å². The Kier molecular flexibility index (Phi) is 5.95. The average molecular weight is 410 g/mol. The van der Waals surface area contributed by atoms with Crippen molar-refractivity contribution >= 4 is 29.5 Å². The highest BCUT2D eigenvalue weighted by Gasteiger charge is 2.50. The Morgan fingerprint density at radius 2 is 1.54 bits per heavy atom. The van der Waals surface area contributed by atoms with E-state index >= 15 is 0 Å². The monoisotopic (exact) mass is 409 g/mol. The fourth-order valence-electron chi connectivity index (χ4n) is 4.36. The van der Waals surface area contributed by atoms with Gasteiger partial charge in [0, 0.05) is 12.3 Å². The summed E-state index contributed by atoms with van der Waals surface area (Å²) in [7, 11) is -1.81. The first-order valence-corrected chi connectivity index (χ1v) is 12.2. The van der Waals surface area contributed by atoms with Crippen LogP contribution in [0, 0.1) is 5.92 Å². The number of rotatable bonds is 5. The molecule has 3 heteroatoms. The summed E-state index contributed by atoms with van der Waals surface area (Å²) in [5.74, 6) is -0.133. The lowest BCUT2D eigenvalue weighted by molar-refractivity contribution is 0.613. The maximum absolute atomic E-state index is 14.3. The topological polar surface area (TPSA) is 0 Å². The second-order valence-corrected chi connectivity index (χ2v) is 11.6. The van der Waals surface area contributed by atoms with Crippen LogP contribution in [0.2, 0.25) is 0 Å². The zero-order valence-corrected chi connectivity index (χ0v) is 17.4. The lowest BCUT2D eigenvalue weighted by Crippen LogP contribution is -2.35. The van der Waals surface area contributed by atoms with Gasteiger partial charge in [-0.15, -0.1) is 0 Å². The van der Waals surface area contributed by atoms with E-state index in [0.29, 0.717) is 5.66 Å². The summed E-state index contributed by atoms with van der Waals surface area (Å²) >= 11 is 5.99. The SMILES string of the molecule is FC1=CC(C[P+](c2ccccc2)(c2ccccc2)C2C=CC=CC2)CC=C1Cl. The van der Waals surface area contributed by atoms with Crippen molar-refractivity contribution in [2.45, 2.75) is 18.5 Å². The van der Waals surface area contributed by atoms with Crippen molar-refractivity contribution in [1.29, 1.82) is 0 Å². The predicted molar refractivity (Wildman–Crippen MR) is 122 cm³/mol. The summed E-state index contributed by atoms with van der Waals surface area (Å²) in [5.41, 5.74) is 0.417. The molecule has 2 aliphatic rings. The molecule has 0 heterocycles. The molecular weight excluding hydrogens is 386 g/mol. The van der Waals surface area contributed by atoms with Crippen molar-refractivity contribution < 1.29 is 4.39 Å². The maximum Gasteiger partial charge on any atom is 0.137 e. The minimum Gasteiger partial charge on any atom is -0.206 e. The van der Waals surface area contributed by atoms with E-state index in [1.54, 1.807) is 6.08 Å². The molecule has 0 saturated heterocycles. The van der Waals surface area contributed by atoms with Gasteiger partial charge in [0.15, 0.2) is 0 Å². The van der Waals surface area contributed by atoms with Gasteiger partial charge in [-0.1, -0.05) is 72.3 Å². The molecule has 0 fully saturated rings. The molecule has 0 bridgehead atoms. The third kappa shape index (κ3) is 3.79. The van der Waals surface area contributed by atoms with Crippen molar-refractivity contribution in [3.8, 4) is 0 Å². The third-order valence-corrected chi connectivity index (χ3v) is 11.0. The van der Waals surface area contributed by atoms with Crippen LogP contribution in [0.5, 0.6) is 0 Å². The van der Waals surface area contributed by atoms with Gasteiger partial charge in [-0.2, -0.15) is 0 Å². The van der Waals surface area contributed by atoms with Gasteiger partial charge in [0.1, 0.15) is 11.5 Å². The Balaban J connectivity index is 1.86. The smallest absolute Gasteiger partial charge is 0.137 e. The number of hydrogen-bond donors (Lipinski definition) is 0. The normalized spacial score (nSPS) is 21.9. The van der Waals surface area contributed by atoms with Crippen molar-refractivity contribution in [1.82, 2.24) is 0 Å². The molecule has 2 aliphatic carbocycles. The Morgan fingerprint density at radius 3 is 2.07 bits per heavy atom. The Morgan fingerprint density at radius 1 is 0.893 bits per heavy atom. The maximum atomic E-state index is 14.3. The molecule has 0 aliphatic heterocycles. The Bertz CT molecular complexity index is 888. The van der Waals surface area contributed by atoms with Crippen LogP contribution >= 0.6 is 18.9 Å². The fourth-order valence-corrected chi connectivity index (χ4v) is 9.55. The van der Waals surface area contributed by atoms with Crippen LogP contribution in [-0.2, 0) is 0 Å². The molecule has 0 radical (unpaired) electrons. The van der Waals surface area contributed by atoms with Gasteiger partial charge in [-0.25, -0.2) is 4.39 Å². The molecule has 0 saturated carbocycles. The number of allylic oxidation sites excluding steroid dienone is 8. The van der Waals surface area contributed by atoms with Gasteiger partial charge in [0.25, 0.3) is 0 Å². The van der Waals surface area contributed by atoms with E-state index in [1.807, 2.05) is 6.08 Å². The minimum atomic E-state index is -1.81. The quantitative estimate of drug-likeness (QED) is 0.492. The lowest BCUT2D eigenvalue weighted by atomic mass is 10.0. The number of hydrogen-bond acceptors (Lipinski definition) is 0. The third-order valence-electron chi connectivity index (χ3n) is 5.69. The van der Waals surface area contributed by atoms with Gasteiger partial charge in [0.05, 0.1) is 29.1 Å². The van der Waals surface area contributed by atoms with Crippen LogP contribution in [0.4, 0.5) is 4.39 Å². The van der Waals surface area contributed by atoms with E-state index in [9.17, 15) is 4.39 Å². The van der Waals surface area contributed by atoms with Crippen LogP contribution in [0.3, 0.4) is 0 Å². The van der Waals surface area contributed by atoms with Crippen molar-refractivity contribution in [3.63, 3.8) is 0 Å². The van der Waals surface area contributed by atoms with E-state index in [1.165, 1.54) is 10.6 Å². The van der Waals surface area contributed by atoms with Crippen molar-refractivity contribution in [3.05, 3.63) is 108 Å². The van der Waals surface area contributed by atoms with Crippen molar-refractivity contribution in [2.24, 2.45) is 5.92 Å². The van der Waals surface area contributed by atoms with Crippen LogP contribution in [0.25, 0.3) is 0 Å². The predicted octanol–water partition coefficient (Wildman–Crippen LogP) is 6.54. The first kappa shape index (κ1) is 19.4. The molecule has 28 heavy (non-hydrogen) atoms. The van der Waals surface area contributed by atoms with Gasteiger partial charge in [0.2, 0.25) is 0 Å². The highest BCUT2D eigenvalue weighted by molar-refractivity contribution is 7.90. The highest BCUT2D eigenvalue weighted by atomic mass is 35.5. The zero-order chi connectivity index (χ0) is 19.4. The summed E-state index contributed by atoms with van der Waals surface area (Å²) in [6, 6.07) is 21.7. The van der Waals surface area contributed by atoms with Gasteiger partial charge in [-0.05, 0) is 42.8 Å². The summed E-state index contributed by atoms with van der Waals surface area (Å²) in [6.07, 6.45) is 15.3. The van der Waals surface area contributed by atoms with E-state index in [0.717, 1.165) is 19.0 Å². The minimum absolute atomic E-state index is 0.149. The van der Waals surface area contributed by atoms with Crippen LogP contribution in [-0.4, -0.2) is 11.8 Å². The molecule has 142 valence electrons. The molecular formula is C25H24ClFP+. The van der Waals surface area contributed by atoms with E-state index in [4.69, 9.17) is 11.6 Å². The largest absolute Gasteiger partial charge is 0.206 e. The van der Waals surface area contributed by atoms with Crippen LogP contribution < -0.4 is 10.6 Å². The standard InChI is InChI=1S/C25H24ClFP/c26-24-17-16-20(18-25(24)27)19-28(21-10-4-1-5-11-21,22-12-6-2-7-13-22)23-14-8-3-9-15-23/h1-14,17-18,20,23H,15-16,19H2/q+1. The molecule has 0 spiro atoms. The lowest BCUT2D eigenvalue weighted by Gasteiger charge is -2.36. The highest BCUT2D eigenvalue weighted by Crippen LogP contribution is 2.64. The Labute approximate surface area is 172 Å². The van der Waals surface area contributed by atoms with Crippen molar-refractivity contribution in [2.75, 3.05) is 6.16 Å². The second-order valence-electron chi connectivity index (χ2n) is 7.40. The van der Waals surface area contributed by atoms with Gasteiger partial charge >= 0.3 is 0 Å². The molecule has 4 rings (SSSR count). The molecule has 2 atom stereocenters. The molecule has 0 amide bonds. The van der Waals surface area contributed by atoms with Crippen LogP contribution in [0.15, 0.2) is 108 Å².